The molecule has 1 N–H and O–H groups in total. The minimum Gasteiger partial charge on any atom is -0.497 e. The van der Waals surface area contributed by atoms with E-state index in [4.69, 9.17) is 4.74 Å². The smallest absolute Gasteiger partial charge is 0.119 e. The standard InChI is InChI=1S/C14H19N3O/c1-3-10-17-13(8-9-16-17)11-15-12-4-6-14(18-2)7-5-12/h4-9,15H,3,10-11H2,1-2H3. The van der Waals surface area contributed by atoms with Crippen LogP contribution in [0.3, 0.4) is 0 Å². The zero-order valence-electron chi connectivity index (χ0n) is 10.9. The van der Waals surface area contributed by atoms with E-state index in [0.717, 1.165) is 30.9 Å². The van der Waals surface area contributed by atoms with Crippen LogP contribution in [0, 0.1) is 0 Å². The van der Waals surface area contributed by atoms with Crippen molar-refractivity contribution in [2.24, 2.45) is 0 Å². The predicted molar refractivity (Wildman–Crippen MR) is 72.8 cm³/mol. The minimum absolute atomic E-state index is 0.784. The lowest BCUT2D eigenvalue weighted by Crippen LogP contribution is -2.08. The van der Waals surface area contributed by atoms with Gasteiger partial charge in [-0.2, -0.15) is 5.10 Å². The molecule has 2 rings (SSSR count). The quantitative estimate of drug-likeness (QED) is 0.850. The highest BCUT2D eigenvalue weighted by Gasteiger charge is 2.01. The van der Waals surface area contributed by atoms with Crippen LogP contribution in [0.15, 0.2) is 36.5 Å². The molecule has 0 aliphatic carbocycles. The van der Waals surface area contributed by atoms with Crippen LogP contribution in [0.1, 0.15) is 19.0 Å². The molecule has 0 bridgehead atoms. The minimum atomic E-state index is 0.784. The molecule has 0 atom stereocenters. The van der Waals surface area contributed by atoms with Gasteiger partial charge in [0, 0.05) is 18.4 Å². The summed E-state index contributed by atoms with van der Waals surface area (Å²) in [4.78, 5) is 0. The maximum atomic E-state index is 5.13. The van der Waals surface area contributed by atoms with E-state index < -0.39 is 0 Å². The Bertz CT molecular complexity index is 476. The summed E-state index contributed by atoms with van der Waals surface area (Å²) in [6.07, 6.45) is 2.94. The lowest BCUT2D eigenvalue weighted by Gasteiger charge is -2.09. The van der Waals surface area contributed by atoms with Crippen LogP contribution in [0.5, 0.6) is 5.75 Å². The Kier molecular flexibility index (Phi) is 4.23. The van der Waals surface area contributed by atoms with Crippen LogP contribution in [0.25, 0.3) is 0 Å². The number of ether oxygens (including phenoxy) is 1. The summed E-state index contributed by atoms with van der Waals surface area (Å²) < 4.78 is 7.17. The third kappa shape index (κ3) is 3.03. The third-order valence-corrected chi connectivity index (χ3v) is 2.80. The van der Waals surface area contributed by atoms with Crippen LogP contribution in [-0.4, -0.2) is 16.9 Å². The van der Waals surface area contributed by atoms with Crippen LogP contribution in [0.4, 0.5) is 5.69 Å². The number of rotatable bonds is 6. The van der Waals surface area contributed by atoms with Gasteiger partial charge in [-0.25, -0.2) is 0 Å². The van der Waals surface area contributed by atoms with Gasteiger partial charge in [0.05, 0.1) is 19.3 Å². The summed E-state index contributed by atoms with van der Waals surface area (Å²) in [7, 11) is 1.67. The molecule has 1 heterocycles. The summed E-state index contributed by atoms with van der Waals surface area (Å²) in [6, 6.07) is 9.97. The Morgan fingerprint density at radius 3 is 2.67 bits per heavy atom. The summed E-state index contributed by atoms with van der Waals surface area (Å²) in [5, 5.41) is 7.68. The number of nitrogens with zero attached hydrogens (tertiary/aromatic N) is 2. The molecule has 0 aliphatic rings. The average Bonchev–Trinajstić information content (AvgIpc) is 2.85. The first kappa shape index (κ1) is 12.5. The molecule has 0 saturated heterocycles. The number of hydrogen-bond acceptors (Lipinski definition) is 3. The molecule has 0 spiro atoms. The molecule has 4 nitrogen and oxygen atoms in total. The molecular weight excluding hydrogens is 226 g/mol. The largest absolute Gasteiger partial charge is 0.497 e. The van der Waals surface area contributed by atoms with Crippen molar-refractivity contribution in [3.63, 3.8) is 0 Å². The van der Waals surface area contributed by atoms with E-state index in [-0.39, 0.29) is 0 Å². The van der Waals surface area contributed by atoms with Crippen molar-refractivity contribution >= 4 is 5.69 Å². The van der Waals surface area contributed by atoms with Gasteiger partial charge < -0.3 is 10.1 Å². The Labute approximate surface area is 108 Å². The second-order valence-electron chi connectivity index (χ2n) is 4.13. The molecule has 0 unspecified atom stereocenters. The van der Waals surface area contributed by atoms with Gasteiger partial charge in [-0.1, -0.05) is 6.92 Å². The molecule has 0 saturated carbocycles. The van der Waals surface area contributed by atoms with Gasteiger partial charge in [-0.05, 0) is 36.8 Å². The van der Waals surface area contributed by atoms with Crippen molar-refractivity contribution in [3.05, 3.63) is 42.2 Å². The van der Waals surface area contributed by atoms with E-state index in [1.807, 2.05) is 41.2 Å². The van der Waals surface area contributed by atoms with Crippen molar-refractivity contribution in [2.45, 2.75) is 26.4 Å². The van der Waals surface area contributed by atoms with E-state index in [0.29, 0.717) is 0 Å². The van der Waals surface area contributed by atoms with Gasteiger partial charge in [-0.3, -0.25) is 4.68 Å². The molecule has 2 aromatic rings. The second-order valence-corrected chi connectivity index (χ2v) is 4.13. The summed E-state index contributed by atoms with van der Waals surface area (Å²) in [5.74, 6) is 0.872. The number of methoxy groups -OCH3 is 1. The van der Waals surface area contributed by atoms with Gasteiger partial charge >= 0.3 is 0 Å². The Hall–Kier alpha value is -1.97. The topological polar surface area (TPSA) is 39.1 Å². The summed E-state index contributed by atoms with van der Waals surface area (Å²) in [5.41, 5.74) is 2.28. The first-order valence-corrected chi connectivity index (χ1v) is 6.22. The molecule has 96 valence electrons. The fourth-order valence-corrected chi connectivity index (χ4v) is 1.82. The number of anilines is 1. The van der Waals surface area contributed by atoms with Crippen LogP contribution in [-0.2, 0) is 13.1 Å². The molecule has 0 amide bonds. The van der Waals surface area contributed by atoms with Crippen LogP contribution >= 0.6 is 0 Å². The van der Waals surface area contributed by atoms with Crippen LogP contribution in [0.2, 0.25) is 0 Å². The van der Waals surface area contributed by atoms with E-state index >= 15 is 0 Å². The third-order valence-electron chi connectivity index (χ3n) is 2.80. The Balaban J connectivity index is 1.95. The van der Waals surface area contributed by atoms with Gasteiger partial charge in [0.1, 0.15) is 5.75 Å². The van der Waals surface area contributed by atoms with Crippen LogP contribution < -0.4 is 10.1 Å². The normalized spacial score (nSPS) is 10.3. The van der Waals surface area contributed by atoms with E-state index in [2.05, 4.69) is 17.3 Å². The SMILES string of the molecule is CCCn1nccc1CNc1ccc(OC)cc1. The van der Waals surface area contributed by atoms with E-state index in [9.17, 15) is 0 Å². The fraction of sp³-hybridized carbons (Fsp3) is 0.357. The zero-order chi connectivity index (χ0) is 12.8. The van der Waals surface area contributed by atoms with Crippen molar-refractivity contribution in [2.75, 3.05) is 12.4 Å². The molecule has 1 aromatic carbocycles. The average molecular weight is 245 g/mol. The van der Waals surface area contributed by atoms with Gasteiger partial charge in [-0.15, -0.1) is 0 Å². The van der Waals surface area contributed by atoms with Crippen molar-refractivity contribution < 1.29 is 4.74 Å². The first-order chi connectivity index (χ1) is 8.83. The number of aromatic nitrogens is 2. The summed E-state index contributed by atoms with van der Waals surface area (Å²) >= 11 is 0. The van der Waals surface area contributed by atoms with Gasteiger partial charge in [0.15, 0.2) is 0 Å². The Morgan fingerprint density at radius 1 is 1.22 bits per heavy atom. The fourth-order valence-electron chi connectivity index (χ4n) is 1.82. The molecular formula is C14H19N3O. The highest BCUT2D eigenvalue weighted by molar-refractivity contribution is 5.46. The number of aryl methyl sites for hydroxylation is 1. The highest BCUT2D eigenvalue weighted by atomic mass is 16.5. The molecule has 1 aromatic heterocycles. The van der Waals surface area contributed by atoms with Crippen molar-refractivity contribution in [1.29, 1.82) is 0 Å². The zero-order valence-corrected chi connectivity index (χ0v) is 10.9. The molecule has 0 aliphatic heterocycles. The lowest BCUT2D eigenvalue weighted by molar-refractivity contribution is 0.415. The van der Waals surface area contributed by atoms with Gasteiger partial charge in [0.25, 0.3) is 0 Å². The van der Waals surface area contributed by atoms with E-state index in [1.165, 1.54) is 5.69 Å². The molecule has 0 fully saturated rings. The maximum absolute atomic E-state index is 5.13. The van der Waals surface area contributed by atoms with Gasteiger partial charge in [0.2, 0.25) is 0 Å². The monoisotopic (exact) mass is 245 g/mol. The number of benzene rings is 1. The number of hydrogen-bond donors (Lipinski definition) is 1. The molecule has 18 heavy (non-hydrogen) atoms. The summed E-state index contributed by atoms with van der Waals surface area (Å²) in [6.45, 7) is 3.90. The maximum Gasteiger partial charge on any atom is 0.119 e. The highest BCUT2D eigenvalue weighted by Crippen LogP contribution is 2.15. The number of nitrogens with one attached hydrogen (secondary N) is 1. The van der Waals surface area contributed by atoms with E-state index in [1.54, 1.807) is 7.11 Å². The lowest BCUT2D eigenvalue weighted by atomic mass is 10.3. The Morgan fingerprint density at radius 2 is 2.00 bits per heavy atom. The second kappa shape index (κ2) is 6.10. The molecule has 0 radical (unpaired) electrons. The van der Waals surface area contributed by atoms with Crippen molar-refractivity contribution in [1.82, 2.24) is 9.78 Å². The predicted octanol–water partition coefficient (Wildman–Crippen LogP) is 2.91. The first-order valence-electron chi connectivity index (χ1n) is 6.22. The molecule has 4 heteroatoms. The van der Waals surface area contributed by atoms with Crippen molar-refractivity contribution in [3.8, 4) is 5.75 Å².